The molecule has 0 aliphatic carbocycles. The van der Waals surface area contributed by atoms with Gasteiger partial charge in [-0.1, -0.05) is 42.5 Å². The first kappa shape index (κ1) is 24.8. The van der Waals surface area contributed by atoms with Crippen molar-refractivity contribution in [3.8, 4) is 16.9 Å². The van der Waals surface area contributed by atoms with Gasteiger partial charge in [0.25, 0.3) is 0 Å². The van der Waals surface area contributed by atoms with E-state index >= 15 is 0 Å². The molecule has 1 heterocycles. The first-order valence-electron chi connectivity index (χ1n) is 10.4. The van der Waals surface area contributed by atoms with E-state index in [-0.39, 0.29) is 22.1 Å². The molecule has 0 amide bonds. The van der Waals surface area contributed by atoms with Crippen LogP contribution in [0, 0.1) is 6.92 Å². The number of benzene rings is 3. The van der Waals surface area contributed by atoms with E-state index in [4.69, 9.17) is 4.18 Å². The summed E-state index contributed by atoms with van der Waals surface area (Å²) in [5.41, 5.74) is 2.38. The number of carbonyl (C=O) groups is 1. The van der Waals surface area contributed by atoms with E-state index in [1.54, 1.807) is 42.5 Å². The molecule has 0 saturated heterocycles. The number of nitrogens with zero attached hydrogens (tertiary/aromatic N) is 1. The van der Waals surface area contributed by atoms with Crippen LogP contribution in [0.1, 0.15) is 11.3 Å². The molecule has 0 atom stereocenters. The average molecular weight is 532 g/mol. The second-order valence-corrected chi connectivity index (χ2v) is 10.7. The summed E-state index contributed by atoms with van der Waals surface area (Å²) < 4.78 is 55.9. The second kappa shape index (κ2) is 9.76. The fourth-order valence-electron chi connectivity index (χ4n) is 4.03. The van der Waals surface area contributed by atoms with Crippen molar-refractivity contribution >= 4 is 50.3 Å². The van der Waals surface area contributed by atoms with Gasteiger partial charge in [-0.05, 0) is 47.9 Å². The van der Waals surface area contributed by atoms with E-state index in [0.717, 1.165) is 0 Å². The van der Waals surface area contributed by atoms with Crippen molar-refractivity contribution in [2.45, 2.75) is 29.0 Å². The van der Waals surface area contributed by atoms with Gasteiger partial charge in [0.15, 0.2) is 0 Å². The maximum absolute atomic E-state index is 13.6. The predicted octanol–water partition coefficient (Wildman–Crippen LogP) is 3.87. The van der Waals surface area contributed by atoms with Crippen molar-refractivity contribution in [1.82, 2.24) is 4.57 Å². The Labute approximate surface area is 209 Å². The lowest BCUT2D eigenvalue weighted by molar-refractivity contribution is -0.137. The van der Waals surface area contributed by atoms with Crippen molar-refractivity contribution in [2.24, 2.45) is 0 Å². The van der Waals surface area contributed by atoms with Crippen molar-refractivity contribution < 1.29 is 30.9 Å². The molecular weight excluding hydrogens is 510 g/mol. The number of carboxylic acid groups (broad SMARTS) is 1. The van der Waals surface area contributed by atoms with Gasteiger partial charge in [0.1, 0.15) is 27.9 Å². The van der Waals surface area contributed by atoms with Crippen molar-refractivity contribution in [2.75, 3.05) is 0 Å². The highest BCUT2D eigenvalue weighted by atomic mass is 32.2. The molecular formula is C24H21NO7S3. The van der Waals surface area contributed by atoms with Crippen molar-refractivity contribution in [3.63, 3.8) is 0 Å². The molecule has 3 aromatic carbocycles. The van der Waals surface area contributed by atoms with E-state index in [1.807, 2.05) is 0 Å². The smallest absolute Gasteiger partial charge is 0.341 e. The van der Waals surface area contributed by atoms with Gasteiger partial charge in [0, 0.05) is 16.0 Å². The van der Waals surface area contributed by atoms with Crippen LogP contribution in [-0.2, 0) is 37.9 Å². The zero-order chi connectivity index (χ0) is 25.3. The van der Waals surface area contributed by atoms with Gasteiger partial charge in [-0.15, -0.1) is 12.6 Å². The third-order valence-electron chi connectivity index (χ3n) is 5.47. The first-order valence-corrected chi connectivity index (χ1v) is 13.6. The third-order valence-corrected chi connectivity index (χ3v) is 7.90. The summed E-state index contributed by atoms with van der Waals surface area (Å²) >= 11 is 4.52. The van der Waals surface area contributed by atoms with Crippen LogP contribution in [0.25, 0.3) is 22.0 Å². The lowest BCUT2D eigenvalue weighted by Crippen LogP contribution is -2.13. The number of hydrogen-bond acceptors (Lipinski definition) is 7. The Morgan fingerprint density at radius 1 is 1.00 bits per heavy atom. The Morgan fingerprint density at radius 2 is 1.66 bits per heavy atom. The highest BCUT2D eigenvalue weighted by Gasteiger charge is 2.30. The molecule has 1 N–H and O–H groups in total. The molecule has 182 valence electrons. The number of hydrogen-bond donors (Lipinski definition) is 3. The average Bonchev–Trinajstić information content (AvgIpc) is 3.07. The minimum atomic E-state index is -4.42. The largest absolute Gasteiger partial charge is 0.480 e. The summed E-state index contributed by atoms with van der Waals surface area (Å²) in [5.74, 6) is -1.29. The number of aliphatic carboxylic acids is 1. The van der Waals surface area contributed by atoms with Crippen LogP contribution in [0.2, 0.25) is 0 Å². The lowest BCUT2D eigenvalue weighted by atomic mass is 10.0. The Morgan fingerprint density at radius 3 is 2.29 bits per heavy atom. The minimum absolute atomic E-state index is 0.000451. The Balaban J connectivity index is 1.92. The van der Waals surface area contributed by atoms with E-state index in [9.17, 15) is 26.7 Å². The van der Waals surface area contributed by atoms with Crippen LogP contribution in [0.4, 0.5) is 0 Å². The summed E-state index contributed by atoms with van der Waals surface area (Å²) in [7, 11) is -7.05. The van der Waals surface area contributed by atoms with Crippen LogP contribution in [0.5, 0.6) is 5.75 Å². The molecule has 1 aromatic heterocycles. The molecule has 35 heavy (non-hydrogen) atoms. The molecule has 11 heteroatoms. The summed E-state index contributed by atoms with van der Waals surface area (Å²) in [5, 5.41) is 9.79. The van der Waals surface area contributed by atoms with E-state index < -0.39 is 33.3 Å². The zero-order valence-electron chi connectivity index (χ0n) is 18.4. The fraction of sp³-hybridized carbons (Fsp3) is 0.125. The van der Waals surface area contributed by atoms with Crippen LogP contribution in [-0.4, -0.2) is 32.5 Å². The van der Waals surface area contributed by atoms with Crippen LogP contribution in [0.15, 0.2) is 76.5 Å². The molecule has 4 rings (SSSR count). The highest BCUT2D eigenvalue weighted by Crippen LogP contribution is 2.40. The summed E-state index contributed by atoms with van der Waals surface area (Å²) in [6.45, 7) is 1.09. The summed E-state index contributed by atoms with van der Waals surface area (Å²) in [6.07, 6.45) is 0. The maximum Gasteiger partial charge on any atom is 0.341 e. The molecule has 0 fully saturated rings. The van der Waals surface area contributed by atoms with Crippen LogP contribution >= 0.6 is 12.6 Å². The van der Waals surface area contributed by atoms with Gasteiger partial charge in [-0.3, -0.25) is 4.79 Å². The Hall–Kier alpha value is -3.28. The molecule has 0 aliphatic rings. The van der Waals surface area contributed by atoms with Crippen molar-refractivity contribution in [1.29, 1.82) is 0 Å². The lowest BCUT2D eigenvalue weighted by Gasteiger charge is -2.11. The standard InChI is InChI=1S/C24H21NO7S3/c1-15-24(35(30,31)32-17-11-9-16(10-12-17)14-34(28)29)23-19(18-5-2-3-8-21(18)33)6-4-7-20(23)25(15)13-22(26)27/h2-12,33-34H,13-14H2,1H3,(H,26,27). The van der Waals surface area contributed by atoms with Crippen molar-refractivity contribution in [3.05, 3.63) is 78.0 Å². The second-order valence-electron chi connectivity index (χ2n) is 7.78. The number of carboxylic acids is 1. The molecule has 0 unspecified atom stereocenters. The SMILES string of the molecule is Cc1c(S(=O)(=O)Oc2ccc(C[SH](=O)=O)cc2)c2c(-c3ccccc3S)cccc2n1CC(=O)O. The number of thiol groups is 2. The molecule has 0 saturated carbocycles. The summed E-state index contributed by atoms with van der Waals surface area (Å²) in [4.78, 5) is 12.1. The molecule has 0 radical (unpaired) electrons. The zero-order valence-corrected chi connectivity index (χ0v) is 21.0. The number of rotatable bonds is 8. The van der Waals surface area contributed by atoms with Gasteiger partial charge in [-0.25, -0.2) is 8.42 Å². The normalized spacial score (nSPS) is 11.7. The Kier molecular flexibility index (Phi) is 6.93. The maximum atomic E-state index is 13.6. The number of fused-ring (bicyclic) bond motifs is 1. The van der Waals surface area contributed by atoms with E-state index in [1.165, 1.54) is 35.8 Å². The molecule has 0 spiro atoms. The van der Waals surface area contributed by atoms with Crippen LogP contribution in [0.3, 0.4) is 0 Å². The van der Waals surface area contributed by atoms with E-state index in [2.05, 4.69) is 12.6 Å². The Bertz CT molecular complexity index is 1610. The fourth-order valence-corrected chi connectivity index (χ4v) is 6.20. The number of aromatic nitrogens is 1. The highest BCUT2D eigenvalue weighted by molar-refractivity contribution is 7.87. The van der Waals surface area contributed by atoms with Gasteiger partial charge >= 0.3 is 16.1 Å². The van der Waals surface area contributed by atoms with Crippen LogP contribution < -0.4 is 4.18 Å². The molecule has 0 aliphatic heterocycles. The monoisotopic (exact) mass is 531 g/mol. The third kappa shape index (κ3) is 5.07. The predicted molar refractivity (Wildman–Crippen MR) is 135 cm³/mol. The van der Waals surface area contributed by atoms with Gasteiger partial charge in [-0.2, -0.15) is 8.42 Å². The topological polar surface area (TPSA) is 120 Å². The first-order chi connectivity index (χ1) is 16.6. The quantitative estimate of drug-likeness (QED) is 0.233. The molecule has 4 aromatic rings. The minimum Gasteiger partial charge on any atom is -0.480 e. The van der Waals surface area contributed by atoms with Gasteiger partial charge in [0.2, 0.25) is 0 Å². The van der Waals surface area contributed by atoms with E-state index in [0.29, 0.717) is 32.5 Å². The van der Waals surface area contributed by atoms with Gasteiger partial charge in [0.05, 0.1) is 11.3 Å². The molecule has 8 nitrogen and oxygen atoms in total. The summed E-state index contributed by atoms with van der Waals surface area (Å²) in [6, 6.07) is 18.0. The van der Waals surface area contributed by atoms with Gasteiger partial charge < -0.3 is 13.9 Å². The molecule has 0 bridgehead atoms.